The van der Waals surface area contributed by atoms with E-state index in [0.717, 1.165) is 10.9 Å². The van der Waals surface area contributed by atoms with E-state index in [1.807, 2.05) is 0 Å². The molecule has 49 heavy (non-hydrogen) atoms. The fourth-order valence-corrected chi connectivity index (χ4v) is 4.80. The predicted molar refractivity (Wildman–Crippen MR) is 173 cm³/mol. The molecule has 1 aromatic heterocycles. The van der Waals surface area contributed by atoms with Gasteiger partial charge in [0.05, 0.1) is 18.9 Å². The van der Waals surface area contributed by atoms with Crippen LogP contribution in [-0.4, -0.2) is 99.3 Å². The van der Waals surface area contributed by atoms with Crippen molar-refractivity contribution < 1.29 is 48.6 Å². The van der Waals surface area contributed by atoms with Gasteiger partial charge in [-0.3, -0.25) is 33.6 Å². The summed E-state index contributed by atoms with van der Waals surface area (Å²) in [5.74, 6) is -9.10. The van der Waals surface area contributed by atoms with Gasteiger partial charge in [0.1, 0.15) is 24.2 Å². The van der Waals surface area contributed by atoms with Crippen molar-refractivity contribution in [3.8, 4) is 0 Å². The molecule has 0 saturated carbocycles. The van der Waals surface area contributed by atoms with Crippen LogP contribution in [0.1, 0.15) is 50.5 Å². The van der Waals surface area contributed by atoms with Gasteiger partial charge >= 0.3 is 11.9 Å². The number of carboxylic acid groups (broad SMARTS) is 2. The SMILES string of the molecule is NCCCC[C@H](N)C(=O)N[C@@H](Cc1c[nH]c2ccccc12)C(=O)N[C@@H](CC(=O)O)C(=O)N[C@@H](CC(N)=O)C(=O)N[C@@H](CCC(N)=O)C(=O)O. The van der Waals surface area contributed by atoms with Crippen molar-refractivity contribution in [3.63, 3.8) is 0 Å². The second kappa shape index (κ2) is 19.3. The van der Waals surface area contributed by atoms with Crippen LogP contribution in [0.25, 0.3) is 10.9 Å². The summed E-state index contributed by atoms with van der Waals surface area (Å²) in [6.07, 6.45) is 0.295. The molecule has 0 aliphatic rings. The zero-order valence-electron chi connectivity index (χ0n) is 26.6. The van der Waals surface area contributed by atoms with Gasteiger partial charge in [-0.25, -0.2) is 4.79 Å². The first-order valence-corrected chi connectivity index (χ1v) is 15.4. The Balaban J connectivity index is 2.32. The zero-order chi connectivity index (χ0) is 36.7. The van der Waals surface area contributed by atoms with Crippen molar-refractivity contribution in [2.75, 3.05) is 6.54 Å². The molecular weight excluding hydrogens is 646 g/mol. The third-order valence-electron chi connectivity index (χ3n) is 7.38. The molecule has 6 amide bonds. The summed E-state index contributed by atoms with van der Waals surface area (Å²) in [5, 5.41) is 28.7. The number of unbranched alkanes of at least 4 members (excludes halogenated alkanes) is 1. The summed E-state index contributed by atoms with van der Waals surface area (Å²) in [6.45, 7) is 0.393. The van der Waals surface area contributed by atoms with Crippen LogP contribution in [0.2, 0.25) is 0 Å². The van der Waals surface area contributed by atoms with E-state index in [1.165, 1.54) is 0 Å². The highest BCUT2D eigenvalue weighted by atomic mass is 16.4. The summed E-state index contributed by atoms with van der Waals surface area (Å²) in [4.78, 5) is 102. The molecule has 2 aromatic rings. The molecule has 0 unspecified atom stereocenters. The molecule has 0 bridgehead atoms. The van der Waals surface area contributed by atoms with E-state index in [2.05, 4.69) is 26.3 Å². The number of rotatable bonds is 22. The van der Waals surface area contributed by atoms with Gasteiger partial charge in [-0.05, 0) is 37.4 Å². The minimum atomic E-state index is -1.85. The molecule has 0 radical (unpaired) electrons. The molecule has 0 saturated heterocycles. The van der Waals surface area contributed by atoms with Crippen LogP contribution in [0.4, 0.5) is 0 Å². The Morgan fingerprint density at radius 1 is 0.714 bits per heavy atom. The van der Waals surface area contributed by atoms with Crippen LogP contribution in [0.3, 0.4) is 0 Å². The molecular formula is C30H43N9O10. The van der Waals surface area contributed by atoms with Crippen LogP contribution >= 0.6 is 0 Å². The highest BCUT2D eigenvalue weighted by molar-refractivity contribution is 5.98. The Morgan fingerprint density at radius 3 is 1.86 bits per heavy atom. The maximum absolute atomic E-state index is 13.6. The van der Waals surface area contributed by atoms with Crippen LogP contribution in [0.5, 0.6) is 0 Å². The number of H-pyrrole nitrogens is 1. The van der Waals surface area contributed by atoms with Crippen LogP contribution in [0.15, 0.2) is 30.5 Å². The van der Waals surface area contributed by atoms with Gasteiger partial charge in [-0.2, -0.15) is 0 Å². The van der Waals surface area contributed by atoms with Crippen LogP contribution in [0, 0.1) is 0 Å². The number of amides is 6. The number of fused-ring (bicyclic) bond motifs is 1. The molecule has 15 N–H and O–H groups in total. The summed E-state index contributed by atoms with van der Waals surface area (Å²) in [6, 6.07) is -0.525. The number of hydrogen-bond acceptors (Lipinski definition) is 10. The number of primary amides is 2. The topological polar surface area (TPSA) is 345 Å². The minimum absolute atomic E-state index is 0.104. The van der Waals surface area contributed by atoms with Gasteiger partial charge in [0.2, 0.25) is 35.4 Å². The second-order valence-corrected chi connectivity index (χ2v) is 11.3. The highest BCUT2D eigenvalue weighted by Gasteiger charge is 2.34. The van der Waals surface area contributed by atoms with Gasteiger partial charge in [0, 0.05) is 29.9 Å². The van der Waals surface area contributed by atoms with E-state index in [4.69, 9.17) is 22.9 Å². The standard InChI is InChI=1S/C30H43N9O10/c31-10-4-3-6-17(32)26(44)37-20(11-15-14-35-18-7-2-1-5-16(15)18)27(45)39-22(13-25(42)43)29(47)38-21(12-24(34)41)28(46)36-19(30(48)49)8-9-23(33)40/h1-2,5,7,14,17,19-22,35H,3-4,6,8-13,31-32H2,(H2,33,40)(H2,34,41)(H,36,46)(H,37,44)(H,38,47)(H,39,45)(H,42,43)(H,48,49)/t17-,19-,20-,21-,22-/m0/s1. The van der Waals surface area contributed by atoms with Gasteiger partial charge in [0.25, 0.3) is 0 Å². The number of hydrogen-bond donors (Lipinski definition) is 11. The molecule has 0 spiro atoms. The highest BCUT2D eigenvalue weighted by Crippen LogP contribution is 2.19. The van der Waals surface area contributed by atoms with Crippen molar-refractivity contribution in [1.29, 1.82) is 0 Å². The lowest BCUT2D eigenvalue weighted by molar-refractivity contribution is -0.144. The molecule has 0 aliphatic heterocycles. The van der Waals surface area contributed by atoms with Crippen molar-refractivity contribution >= 4 is 58.3 Å². The molecule has 19 heteroatoms. The molecule has 1 heterocycles. The fraction of sp³-hybridized carbons (Fsp3) is 0.467. The second-order valence-electron chi connectivity index (χ2n) is 11.3. The lowest BCUT2D eigenvalue weighted by Gasteiger charge is -2.25. The number of carbonyl (C=O) groups excluding carboxylic acids is 6. The van der Waals surface area contributed by atoms with Gasteiger partial charge in [-0.15, -0.1) is 0 Å². The monoisotopic (exact) mass is 689 g/mol. The normalized spacial score (nSPS) is 14.0. The zero-order valence-corrected chi connectivity index (χ0v) is 26.6. The van der Waals surface area contributed by atoms with Crippen LogP contribution in [-0.2, 0) is 44.8 Å². The van der Waals surface area contributed by atoms with Gasteiger partial charge in [0.15, 0.2) is 0 Å². The number of carbonyl (C=O) groups is 8. The smallest absolute Gasteiger partial charge is 0.326 e. The Kier molecular flexibility index (Phi) is 15.6. The number of nitrogens with one attached hydrogen (secondary N) is 5. The summed E-state index contributed by atoms with van der Waals surface area (Å²) < 4.78 is 0. The Bertz CT molecular complexity index is 1530. The molecule has 0 aliphatic carbocycles. The predicted octanol–water partition coefficient (Wildman–Crippen LogP) is -3.19. The minimum Gasteiger partial charge on any atom is -0.481 e. The van der Waals surface area contributed by atoms with Crippen molar-refractivity contribution in [3.05, 3.63) is 36.0 Å². The molecule has 19 nitrogen and oxygen atoms in total. The summed E-state index contributed by atoms with van der Waals surface area (Å²) in [5.41, 5.74) is 23.1. The lowest BCUT2D eigenvalue weighted by Crippen LogP contribution is -2.59. The summed E-state index contributed by atoms with van der Waals surface area (Å²) >= 11 is 0. The van der Waals surface area contributed by atoms with E-state index < -0.39 is 103 Å². The Morgan fingerprint density at radius 2 is 1.29 bits per heavy atom. The number of aromatic nitrogens is 1. The third-order valence-corrected chi connectivity index (χ3v) is 7.38. The maximum atomic E-state index is 13.6. The van der Waals surface area contributed by atoms with E-state index in [-0.39, 0.29) is 12.8 Å². The van der Waals surface area contributed by atoms with Gasteiger partial charge in [-0.1, -0.05) is 24.6 Å². The third kappa shape index (κ3) is 13.2. The van der Waals surface area contributed by atoms with Crippen LogP contribution < -0.4 is 44.2 Å². The molecule has 1 aromatic carbocycles. The molecule has 5 atom stereocenters. The van der Waals surface area contributed by atoms with E-state index in [0.29, 0.717) is 24.9 Å². The largest absolute Gasteiger partial charge is 0.481 e. The van der Waals surface area contributed by atoms with Crippen molar-refractivity contribution in [2.45, 2.75) is 81.6 Å². The number of aromatic amines is 1. The summed E-state index contributed by atoms with van der Waals surface area (Å²) in [7, 11) is 0. The number of nitrogens with two attached hydrogens (primary N) is 4. The Labute approximate surface area is 280 Å². The average Bonchev–Trinajstić information content (AvgIpc) is 3.43. The first-order valence-electron chi connectivity index (χ1n) is 15.4. The van der Waals surface area contributed by atoms with Gasteiger partial charge < -0.3 is 59.4 Å². The lowest BCUT2D eigenvalue weighted by atomic mass is 10.0. The number of carboxylic acids is 2. The molecule has 0 fully saturated rings. The maximum Gasteiger partial charge on any atom is 0.326 e. The first kappa shape index (κ1) is 39.6. The van der Waals surface area contributed by atoms with E-state index in [1.54, 1.807) is 30.5 Å². The molecule has 2 rings (SSSR count). The number of benzene rings is 1. The van der Waals surface area contributed by atoms with E-state index in [9.17, 15) is 48.6 Å². The van der Waals surface area contributed by atoms with E-state index >= 15 is 0 Å². The number of para-hydroxylation sites is 1. The Hall–Kier alpha value is -5.56. The average molecular weight is 690 g/mol. The molecule has 268 valence electrons. The quantitative estimate of drug-likeness (QED) is 0.0545. The fourth-order valence-electron chi connectivity index (χ4n) is 4.80. The number of aliphatic carboxylic acids is 2. The first-order chi connectivity index (χ1) is 23.1. The van der Waals surface area contributed by atoms with Crippen molar-refractivity contribution in [2.24, 2.45) is 22.9 Å². The van der Waals surface area contributed by atoms with Crippen molar-refractivity contribution in [1.82, 2.24) is 26.3 Å².